The second-order valence-electron chi connectivity index (χ2n) is 6.60. The van der Waals surface area contributed by atoms with Crippen LogP contribution in [0.15, 0.2) is 16.9 Å². The first kappa shape index (κ1) is 20.1. The molecule has 1 aliphatic rings. The third kappa shape index (κ3) is 3.95. The van der Waals surface area contributed by atoms with Crippen LogP contribution in [0.25, 0.3) is 10.9 Å². The molecule has 0 bridgehead atoms. The van der Waals surface area contributed by atoms with Crippen LogP contribution in [0, 0.1) is 0 Å². The Balaban J connectivity index is 1.89. The number of hydrogen-bond acceptors (Lipinski definition) is 7. The van der Waals surface area contributed by atoms with Gasteiger partial charge in [0.1, 0.15) is 11.9 Å². The van der Waals surface area contributed by atoms with Gasteiger partial charge in [0.15, 0.2) is 11.5 Å². The highest BCUT2D eigenvalue weighted by atomic mass is 16.5. The summed E-state index contributed by atoms with van der Waals surface area (Å²) in [5, 5.41) is 3.59. The van der Waals surface area contributed by atoms with Crippen LogP contribution in [0.4, 0.5) is 0 Å². The SMILES string of the molecule is CCN(Cc1nc2cc(OC)c(OC)cc2c(=O)[nH]1)C(=O)[C@H]1NCCO[C@@H]1C. The molecule has 0 aliphatic carbocycles. The van der Waals surface area contributed by atoms with E-state index >= 15 is 0 Å². The zero-order valence-electron chi connectivity index (χ0n) is 16.6. The molecular weight excluding hydrogens is 364 g/mol. The minimum absolute atomic E-state index is 0.0789. The second-order valence-corrected chi connectivity index (χ2v) is 6.60. The summed E-state index contributed by atoms with van der Waals surface area (Å²) in [6.45, 7) is 5.65. The molecule has 9 nitrogen and oxygen atoms in total. The van der Waals surface area contributed by atoms with E-state index in [2.05, 4.69) is 15.3 Å². The second kappa shape index (κ2) is 8.57. The van der Waals surface area contributed by atoms with Gasteiger partial charge in [-0.1, -0.05) is 0 Å². The number of hydrogen-bond donors (Lipinski definition) is 2. The van der Waals surface area contributed by atoms with E-state index in [0.717, 1.165) is 0 Å². The third-order valence-corrected chi connectivity index (χ3v) is 4.88. The maximum absolute atomic E-state index is 12.9. The number of benzene rings is 1. The van der Waals surface area contributed by atoms with Gasteiger partial charge < -0.3 is 29.4 Å². The van der Waals surface area contributed by atoms with Crippen molar-refractivity contribution in [2.75, 3.05) is 33.9 Å². The van der Waals surface area contributed by atoms with Crippen LogP contribution in [0.2, 0.25) is 0 Å². The Kier molecular flexibility index (Phi) is 6.15. The number of amides is 1. The van der Waals surface area contributed by atoms with Crippen molar-refractivity contribution < 1.29 is 19.0 Å². The van der Waals surface area contributed by atoms with Gasteiger partial charge in [-0.3, -0.25) is 9.59 Å². The molecule has 9 heteroatoms. The normalized spacial score (nSPS) is 19.4. The van der Waals surface area contributed by atoms with Crippen LogP contribution in [0.3, 0.4) is 0 Å². The average molecular weight is 390 g/mol. The topological polar surface area (TPSA) is 106 Å². The average Bonchev–Trinajstić information content (AvgIpc) is 2.71. The van der Waals surface area contributed by atoms with Crippen LogP contribution in [-0.2, 0) is 16.1 Å². The van der Waals surface area contributed by atoms with Crippen molar-refractivity contribution in [1.29, 1.82) is 0 Å². The Hall–Kier alpha value is -2.65. The Bertz CT molecular complexity index is 913. The summed E-state index contributed by atoms with van der Waals surface area (Å²) in [5.74, 6) is 1.27. The summed E-state index contributed by atoms with van der Waals surface area (Å²) in [6, 6.07) is 2.84. The molecule has 0 saturated carbocycles. The summed E-state index contributed by atoms with van der Waals surface area (Å²) in [4.78, 5) is 34.4. The fourth-order valence-corrected chi connectivity index (χ4v) is 3.32. The molecule has 0 radical (unpaired) electrons. The van der Waals surface area contributed by atoms with E-state index in [1.165, 1.54) is 14.2 Å². The number of morpholine rings is 1. The summed E-state index contributed by atoms with van der Waals surface area (Å²) in [6.07, 6.45) is -0.212. The largest absolute Gasteiger partial charge is 0.493 e. The van der Waals surface area contributed by atoms with Crippen LogP contribution >= 0.6 is 0 Å². The molecule has 1 amide bonds. The molecular formula is C19H26N4O5. The molecule has 0 unspecified atom stereocenters. The molecule has 1 aromatic heterocycles. The predicted octanol–water partition coefficient (Wildman–Crippen LogP) is 0.666. The number of aromatic nitrogens is 2. The molecule has 2 N–H and O–H groups in total. The smallest absolute Gasteiger partial charge is 0.258 e. The number of fused-ring (bicyclic) bond motifs is 1. The Labute approximate surface area is 163 Å². The number of rotatable bonds is 6. The van der Waals surface area contributed by atoms with Crippen LogP contribution in [0.1, 0.15) is 19.7 Å². The van der Waals surface area contributed by atoms with Crippen molar-refractivity contribution in [3.63, 3.8) is 0 Å². The van der Waals surface area contributed by atoms with E-state index in [1.807, 2.05) is 13.8 Å². The fourth-order valence-electron chi connectivity index (χ4n) is 3.32. The molecule has 2 heterocycles. The lowest BCUT2D eigenvalue weighted by Crippen LogP contribution is -2.56. The Morgan fingerprint density at radius 2 is 2.04 bits per heavy atom. The number of carbonyl (C=O) groups is 1. The van der Waals surface area contributed by atoms with Crippen molar-refractivity contribution >= 4 is 16.8 Å². The van der Waals surface area contributed by atoms with E-state index in [-0.39, 0.29) is 24.1 Å². The highest BCUT2D eigenvalue weighted by molar-refractivity contribution is 5.83. The zero-order valence-corrected chi connectivity index (χ0v) is 16.6. The minimum Gasteiger partial charge on any atom is -0.493 e. The van der Waals surface area contributed by atoms with Gasteiger partial charge in [-0.05, 0) is 19.9 Å². The van der Waals surface area contributed by atoms with Crippen molar-refractivity contribution in [3.8, 4) is 11.5 Å². The van der Waals surface area contributed by atoms with Gasteiger partial charge in [-0.25, -0.2) is 4.98 Å². The number of nitrogens with one attached hydrogen (secondary N) is 2. The quantitative estimate of drug-likeness (QED) is 0.747. The van der Waals surface area contributed by atoms with Crippen LogP contribution < -0.4 is 20.3 Å². The first-order chi connectivity index (χ1) is 13.5. The lowest BCUT2D eigenvalue weighted by molar-refractivity contribution is -0.140. The minimum atomic E-state index is -0.412. The molecule has 2 atom stereocenters. The van der Waals surface area contributed by atoms with Crippen molar-refractivity contribution in [3.05, 3.63) is 28.3 Å². The van der Waals surface area contributed by atoms with Crippen LogP contribution in [0.5, 0.6) is 11.5 Å². The fraction of sp³-hybridized carbons (Fsp3) is 0.526. The van der Waals surface area contributed by atoms with Gasteiger partial charge in [-0.2, -0.15) is 0 Å². The summed E-state index contributed by atoms with van der Waals surface area (Å²) < 4.78 is 16.1. The van der Waals surface area contributed by atoms with E-state index in [1.54, 1.807) is 17.0 Å². The summed E-state index contributed by atoms with van der Waals surface area (Å²) >= 11 is 0. The predicted molar refractivity (Wildman–Crippen MR) is 104 cm³/mol. The highest BCUT2D eigenvalue weighted by Crippen LogP contribution is 2.29. The van der Waals surface area contributed by atoms with Gasteiger partial charge in [-0.15, -0.1) is 0 Å². The maximum Gasteiger partial charge on any atom is 0.258 e. The number of H-pyrrole nitrogens is 1. The van der Waals surface area contributed by atoms with Gasteiger partial charge in [0.2, 0.25) is 5.91 Å². The lowest BCUT2D eigenvalue weighted by Gasteiger charge is -2.33. The lowest BCUT2D eigenvalue weighted by atomic mass is 10.1. The summed E-state index contributed by atoms with van der Waals surface area (Å²) in [5.41, 5.74) is 0.185. The van der Waals surface area contributed by atoms with E-state index in [0.29, 0.717) is 47.9 Å². The highest BCUT2D eigenvalue weighted by Gasteiger charge is 2.31. The Morgan fingerprint density at radius 1 is 1.32 bits per heavy atom. The van der Waals surface area contributed by atoms with Crippen molar-refractivity contribution in [2.24, 2.45) is 0 Å². The molecule has 1 fully saturated rings. The standard InChI is InChI=1S/C19H26N4O5/c1-5-23(19(25)17-11(2)28-7-6-20-17)10-16-21-13-9-15(27-4)14(26-3)8-12(13)18(24)22-16/h8-9,11,17,20H,5-7,10H2,1-4H3,(H,21,22,24)/t11-,17+/m1/s1. The molecule has 28 heavy (non-hydrogen) atoms. The van der Waals surface area contributed by atoms with Crippen molar-refractivity contribution in [1.82, 2.24) is 20.2 Å². The summed E-state index contributed by atoms with van der Waals surface area (Å²) in [7, 11) is 3.03. The van der Waals surface area contributed by atoms with E-state index < -0.39 is 6.04 Å². The van der Waals surface area contributed by atoms with Gasteiger partial charge >= 0.3 is 0 Å². The monoisotopic (exact) mass is 390 g/mol. The van der Waals surface area contributed by atoms with Crippen molar-refractivity contribution in [2.45, 2.75) is 32.5 Å². The molecule has 1 aromatic carbocycles. The number of aromatic amines is 1. The number of carbonyl (C=O) groups excluding carboxylic acids is 1. The molecule has 3 rings (SSSR count). The van der Waals surface area contributed by atoms with Crippen LogP contribution in [-0.4, -0.2) is 66.8 Å². The van der Waals surface area contributed by atoms with Gasteiger partial charge in [0.25, 0.3) is 5.56 Å². The third-order valence-electron chi connectivity index (χ3n) is 4.88. The van der Waals surface area contributed by atoms with E-state index in [9.17, 15) is 9.59 Å². The number of likely N-dealkylation sites (N-methyl/N-ethyl adjacent to an activating group) is 1. The number of ether oxygens (including phenoxy) is 3. The van der Waals surface area contributed by atoms with Gasteiger partial charge in [0, 0.05) is 19.2 Å². The first-order valence-electron chi connectivity index (χ1n) is 9.27. The zero-order chi connectivity index (χ0) is 20.3. The first-order valence-corrected chi connectivity index (χ1v) is 9.27. The van der Waals surface area contributed by atoms with Gasteiger partial charge in [0.05, 0.1) is 44.4 Å². The maximum atomic E-state index is 12.9. The molecule has 2 aromatic rings. The number of nitrogens with zero attached hydrogens (tertiary/aromatic N) is 2. The molecule has 1 aliphatic heterocycles. The molecule has 1 saturated heterocycles. The van der Waals surface area contributed by atoms with E-state index in [4.69, 9.17) is 14.2 Å². The number of methoxy groups -OCH3 is 2. The Morgan fingerprint density at radius 3 is 2.68 bits per heavy atom. The molecule has 0 spiro atoms. The molecule has 152 valence electrons.